The van der Waals surface area contributed by atoms with Crippen molar-refractivity contribution in [2.45, 2.75) is 18.1 Å². The first-order chi connectivity index (χ1) is 15.6. The van der Waals surface area contributed by atoms with Gasteiger partial charge >= 0.3 is 6.09 Å². The number of nitrogens with one attached hydrogen (secondary N) is 1. The lowest BCUT2D eigenvalue weighted by atomic mass is 9.98. The van der Waals surface area contributed by atoms with E-state index in [1.54, 1.807) is 6.07 Å². The highest BCUT2D eigenvalue weighted by molar-refractivity contribution is 7.17. The Morgan fingerprint density at radius 3 is 2.34 bits per heavy atom. The smallest absolute Gasteiger partial charge is 0.407 e. The van der Waals surface area contributed by atoms with Gasteiger partial charge in [0.1, 0.15) is 18.8 Å². The number of rotatable bonds is 6. The van der Waals surface area contributed by atoms with Crippen LogP contribution in [-0.4, -0.2) is 35.6 Å². The molecule has 5 rings (SSSR count). The fourth-order valence-electron chi connectivity index (χ4n) is 4.41. The minimum atomic E-state index is -1.15. The van der Waals surface area contributed by atoms with Gasteiger partial charge in [-0.05, 0) is 39.1 Å². The summed E-state index contributed by atoms with van der Waals surface area (Å²) in [5.41, 5.74) is 5.26. The molecule has 1 amide bonds. The van der Waals surface area contributed by atoms with E-state index in [1.807, 2.05) is 47.8 Å². The Kier molecular flexibility index (Phi) is 5.66. The largest absolute Gasteiger partial charge is 0.449 e. The number of fused-ring (bicyclic) bond motifs is 4. The van der Waals surface area contributed by atoms with Crippen molar-refractivity contribution in [3.63, 3.8) is 0 Å². The Morgan fingerprint density at radius 2 is 1.62 bits per heavy atom. The average molecular weight is 446 g/mol. The van der Waals surface area contributed by atoms with E-state index in [0.717, 1.165) is 21.2 Å². The molecule has 32 heavy (non-hydrogen) atoms. The molecule has 0 fully saturated rings. The molecule has 0 saturated carbocycles. The minimum absolute atomic E-state index is 0.0277. The lowest BCUT2D eigenvalue weighted by Crippen LogP contribution is -2.36. The Balaban J connectivity index is 1.20. The van der Waals surface area contributed by atoms with Gasteiger partial charge in [-0.25, -0.2) is 4.79 Å². The van der Waals surface area contributed by atoms with Crippen LogP contribution in [0.15, 0.2) is 78.2 Å². The van der Waals surface area contributed by atoms with Crippen molar-refractivity contribution in [2.24, 2.45) is 0 Å². The molecule has 4 aromatic rings. The number of hydrogen-bond donors (Lipinski definition) is 3. The predicted octanol–water partition coefficient (Wildman–Crippen LogP) is 4.83. The summed E-state index contributed by atoms with van der Waals surface area (Å²) in [7, 11) is 0. The first-order valence-corrected chi connectivity index (χ1v) is 11.4. The highest BCUT2D eigenvalue weighted by atomic mass is 32.1. The molecular weight excluding hydrogens is 422 g/mol. The van der Waals surface area contributed by atoms with Gasteiger partial charge < -0.3 is 20.3 Å². The first-order valence-electron chi connectivity index (χ1n) is 10.5. The fraction of sp³-hybridized carbons (Fsp3) is 0.192. The number of aliphatic hydroxyl groups is 2. The number of alkyl carbamates (subject to hydrolysis) is 1. The second-order valence-electron chi connectivity index (χ2n) is 7.90. The van der Waals surface area contributed by atoms with Crippen molar-refractivity contribution in [1.82, 2.24) is 5.32 Å². The van der Waals surface area contributed by atoms with Crippen LogP contribution in [-0.2, 0) is 4.74 Å². The van der Waals surface area contributed by atoms with Crippen LogP contribution in [0.1, 0.15) is 28.7 Å². The Hall–Kier alpha value is -3.19. The summed E-state index contributed by atoms with van der Waals surface area (Å²) in [4.78, 5) is 12.3. The predicted molar refractivity (Wildman–Crippen MR) is 126 cm³/mol. The van der Waals surface area contributed by atoms with Crippen molar-refractivity contribution in [2.75, 3.05) is 13.2 Å². The molecule has 6 heteroatoms. The van der Waals surface area contributed by atoms with Gasteiger partial charge in [0.2, 0.25) is 0 Å². The summed E-state index contributed by atoms with van der Waals surface area (Å²) in [5, 5.41) is 26.6. The molecule has 0 spiro atoms. The molecular formula is C26H23NO4S. The summed E-state index contributed by atoms with van der Waals surface area (Å²) >= 11 is 1.51. The van der Waals surface area contributed by atoms with Gasteiger partial charge in [0.15, 0.2) is 0 Å². The van der Waals surface area contributed by atoms with Crippen LogP contribution in [0.25, 0.3) is 21.2 Å². The lowest BCUT2D eigenvalue weighted by molar-refractivity contribution is 0.0195. The Bertz CT molecular complexity index is 1220. The maximum Gasteiger partial charge on any atom is 0.407 e. The molecule has 0 radical (unpaired) electrons. The van der Waals surface area contributed by atoms with Gasteiger partial charge in [-0.2, -0.15) is 0 Å². The van der Waals surface area contributed by atoms with Crippen LogP contribution >= 0.6 is 11.3 Å². The van der Waals surface area contributed by atoms with Crippen LogP contribution in [0, 0.1) is 0 Å². The number of benzene rings is 3. The average Bonchev–Trinajstić information content (AvgIpc) is 3.43. The van der Waals surface area contributed by atoms with E-state index < -0.39 is 18.3 Å². The topological polar surface area (TPSA) is 78.8 Å². The summed E-state index contributed by atoms with van der Waals surface area (Å²) in [5.74, 6) is -0.0277. The number of carbonyl (C=O) groups is 1. The molecule has 1 aliphatic carbocycles. The zero-order valence-electron chi connectivity index (χ0n) is 17.3. The van der Waals surface area contributed by atoms with Crippen molar-refractivity contribution in [3.8, 4) is 11.1 Å². The van der Waals surface area contributed by atoms with Gasteiger partial charge in [0, 0.05) is 22.7 Å². The van der Waals surface area contributed by atoms with Gasteiger partial charge in [-0.3, -0.25) is 0 Å². The van der Waals surface area contributed by atoms with Crippen LogP contribution in [0.2, 0.25) is 0 Å². The summed E-state index contributed by atoms with van der Waals surface area (Å²) in [6, 6.07) is 23.9. The third-order valence-electron chi connectivity index (χ3n) is 5.99. The third kappa shape index (κ3) is 3.77. The zero-order valence-corrected chi connectivity index (χ0v) is 18.1. The van der Waals surface area contributed by atoms with Crippen LogP contribution in [0.4, 0.5) is 4.79 Å². The van der Waals surface area contributed by atoms with Gasteiger partial charge in [0.05, 0.1) is 0 Å². The van der Waals surface area contributed by atoms with E-state index in [-0.39, 0.29) is 19.1 Å². The number of carbonyl (C=O) groups excluding carboxylic acids is 1. The number of hydrogen-bond acceptors (Lipinski definition) is 5. The molecule has 2 unspecified atom stereocenters. The molecule has 0 bridgehead atoms. The maximum atomic E-state index is 12.3. The zero-order chi connectivity index (χ0) is 22.1. The highest BCUT2D eigenvalue weighted by Gasteiger charge is 2.29. The van der Waals surface area contributed by atoms with E-state index in [4.69, 9.17) is 4.74 Å². The second-order valence-corrected chi connectivity index (χ2v) is 8.82. The molecule has 3 aromatic carbocycles. The minimum Gasteiger partial charge on any atom is -0.449 e. The molecule has 1 aliphatic rings. The molecule has 162 valence electrons. The SMILES string of the molecule is O=C(NCC(O)C(O)c1cccc2ccsc12)OCC1c2ccccc2-c2ccccc21. The van der Waals surface area contributed by atoms with Crippen LogP contribution in [0.5, 0.6) is 0 Å². The van der Waals surface area contributed by atoms with Crippen LogP contribution in [0.3, 0.4) is 0 Å². The van der Waals surface area contributed by atoms with E-state index in [2.05, 4.69) is 29.6 Å². The standard InChI is InChI=1S/C26H23NO4S/c28-23(24(29)21-11-5-6-16-12-13-32-25(16)21)14-27-26(30)31-15-22-19-9-3-1-7-17(19)18-8-2-4-10-20(18)22/h1-13,22-24,28-29H,14-15H2,(H,27,30). The van der Waals surface area contributed by atoms with E-state index in [0.29, 0.717) is 5.56 Å². The molecule has 3 N–H and O–H groups in total. The number of ether oxygens (including phenoxy) is 1. The number of thiophene rings is 1. The monoisotopic (exact) mass is 445 g/mol. The molecule has 2 atom stereocenters. The molecule has 5 nitrogen and oxygen atoms in total. The number of aliphatic hydroxyl groups excluding tert-OH is 2. The van der Waals surface area contributed by atoms with Crippen molar-refractivity contribution in [1.29, 1.82) is 0 Å². The Labute approximate surface area is 189 Å². The Morgan fingerprint density at radius 1 is 0.938 bits per heavy atom. The number of amides is 1. The molecule has 0 aliphatic heterocycles. The molecule has 1 aromatic heterocycles. The second kappa shape index (κ2) is 8.74. The maximum absolute atomic E-state index is 12.3. The summed E-state index contributed by atoms with van der Waals surface area (Å²) in [6.07, 6.45) is -2.87. The summed E-state index contributed by atoms with van der Waals surface area (Å²) in [6.45, 7) is 0.0899. The van der Waals surface area contributed by atoms with Crippen molar-refractivity contribution in [3.05, 3.63) is 94.9 Å². The first kappa shape index (κ1) is 20.7. The van der Waals surface area contributed by atoms with Crippen molar-refractivity contribution >= 4 is 27.5 Å². The summed E-state index contributed by atoms with van der Waals surface area (Å²) < 4.78 is 6.42. The lowest BCUT2D eigenvalue weighted by Gasteiger charge is -2.20. The van der Waals surface area contributed by atoms with Crippen molar-refractivity contribution < 1.29 is 19.7 Å². The molecule has 1 heterocycles. The van der Waals surface area contributed by atoms with E-state index in [1.165, 1.54) is 22.5 Å². The quantitative estimate of drug-likeness (QED) is 0.397. The fourth-order valence-corrected chi connectivity index (χ4v) is 5.35. The van der Waals surface area contributed by atoms with Crippen LogP contribution < -0.4 is 5.32 Å². The normalized spacial score (nSPS) is 14.6. The van der Waals surface area contributed by atoms with Gasteiger partial charge in [0.25, 0.3) is 0 Å². The van der Waals surface area contributed by atoms with Gasteiger partial charge in [-0.1, -0.05) is 66.7 Å². The highest BCUT2D eigenvalue weighted by Crippen LogP contribution is 2.44. The third-order valence-corrected chi connectivity index (χ3v) is 6.97. The van der Waals surface area contributed by atoms with E-state index >= 15 is 0 Å². The van der Waals surface area contributed by atoms with Gasteiger partial charge in [-0.15, -0.1) is 11.3 Å². The molecule has 0 saturated heterocycles. The van der Waals surface area contributed by atoms with E-state index in [9.17, 15) is 15.0 Å².